The first-order valence-electron chi connectivity index (χ1n) is 9.32. The largest absolute Gasteiger partial charge is 0.287 e. The zero-order valence-corrected chi connectivity index (χ0v) is 16.6. The molecule has 27 heavy (non-hydrogen) atoms. The Labute approximate surface area is 164 Å². The summed E-state index contributed by atoms with van der Waals surface area (Å²) >= 11 is 1.75. The van der Waals surface area contributed by atoms with Gasteiger partial charge >= 0.3 is 0 Å². The Morgan fingerprint density at radius 3 is 1.78 bits per heavy atom. The van der Waals surface area contributed by atoms with Crippen molar-refractivity contribution in [3.8, 4) is 0 Å². The Hall–Kier alpha value is -2.65. The van der Waals surface area contributed by atoms with Gasteiger partial charge in [0.25, 0.3) is 0 Å². The molecule has 4 aromatic carbocycles. The zero-order chi connectivity index (χ0) is 18.6. The van der Waals surface area contributed by atoms with Crippen molar-refractivity contribution in [2.45, 2.75) is 31.1 Å². The van der Waals surface area contributed by atoms with Crippen LogP contribution in [0.3, 0.4) is 0 Å². The maximum atomic E-state index is 3.59. The van der Waals surface area contributed by atoms with Crippen molar-refractivity contribution >= 4 is 44.9 Å². The van der Waals surface area contributed by atoms with Gasteiger partial charge in [0.15, 0.2) is 0 Å². The summed E-state index contributed by atoms with van der Waals surface area (Å²) in [5.74, 6) is 0. The van der Waals surface area contributed by atoms with Crippen LogP contribution in [0.2, 0.25) is 0 Å². The third-order valence-electron chi connectivity index (χ3n) is 5.15. The fraction of sp³-hybridized carbons (Fsp3) is 0.167. The lowest BCUT2D eigenvalue weighted by Gasteiger charge is -2.28. The molecule has 0 saturated heterocycles. The minimum atomic E-state index is 0.0618. The molecular weight excluding hydrogens is 348 g/mol. The van der Waals surface area contributed by atoms with E-state index in [0.717, 1.165) is 5.69 Å². The maximum absolute atomic E-state index is 3.59. The highest BCUT2D eigenvalue weighted by atomic mass is 32.2. The second kappa shape index (κ2) is 5.93. The van der Waals surface area contributed by atoms with Crippen molar-refractivity contribution in [2.24, 2.45) is 0 Å². The molecule has 1 aliphatic heterocycles. The normalized spacial score (nSPS) is 13.8. The number of nitrogens with one attached hydrogen (secondary N) is 1. The third kappa shape index (κ3) is 2.57. The number of nitrogens with zero attached hydrogens (tertiary/aromatic N) is 1. The van der Waals surface area contributed by atoms with Crippen LogP contribution in [0, 0.1) is 0 Å². The summed E-state index contributed by atoms with van der Waals surface area (Å²) in [7, 11) is 0. The fourth-order valence-electron chi connectivity index (χ4n) is 4.10. The highest BCUT2D eigenvalue weighted by Crippen LogP contribution is 2.48. The molecular formula is C24H22N2S. The van der Waals surface area contributed by atoms with Gasteiger partial charge in [-0.15, -0.1) is 0 Å². The first-order chi connectivity index (χ1) is 13.0. The quantitative estimate of drug-likeness (QED) is 0.283. The second-order valence-electron chi connectivity index (χ2n) is 8.06. The van der Waals surface area contributed by atoms with Crippen molar-refractivity contribution in [3.63, 3.8) is 0 Å². The van der Waals surface area contributed by atoms with Gasteiger partial charge in [-0.3, -0.25) is 5.43 Å². The van der Waals surface area contributed by atoms with Crippen molar-refractivity contribution in [1.29, 1.82) is 0 Å². The number of fused-ring (bicyclic) bond motifs is 3. The standard InChI is InChI=1S/C24H22N2S/c1-24(2,3)22-16-10-4-6-12-18(16)23(19-13-7-5-11-17(19)22)26-25-20-14-8-9-15-21(20)27-26/h4-15,25H,1-3H3. The third-order valence-corrected chi connectivity index (χ3v) is 6.16. The van der Waals surface area contributed by atoms with Crippen LogP contribution in [0.4, 0.5) is 11.4 Å². The first-order valence-corrected chi connectivity index (χ1v) is 10.1. The molecule has 134 valence electrons. The number of hydrazine groups is 1. The average molecular weight is 371 g/mol. The predicted octanol–water partition coefficient (Wildman–Crippen LogP) is 7.14. The molecule has 0 atom stereocenters. The minimum Gasteiger partial charge on any atom is -0.287 e. The average Bonchev–Trinajstić information content (AvgIpc) is 3.08. The Balaban J connectivity index is 1.85. The number of benzene rings is 4. The van der Waals surface area contributed by atoms with Crippen LogP contribution in [0.1, 0.15) is 26.3 Å². The summed E-state index contributed by atoms with van der Waals surface area (Å²) in [6, 6.07) is 26.1. The Kier molecular flexibility index (Phi) is 3.63. The van der Waals surface area contributed by atoms with Crippen LogP contribution in [0.5, 0.6) is 0 Å². The number of anilines is 2. The van der Waals surface area contributed by atoms with Gasteiger partial charge in [0.2, 0.25) is 0 Å². The van der Waals surface area contributed by atoms with Crippen LogP contribution < -0.4 is 9.84 Å². The predicted molar refractivity (Wildman–Crippen MR) is 119 cm³/mol. The molecule has 2 nitrogen and oxygen atoms in total. The van der Waals surface area contributed by atoms with Gasteiger partial charge in [0.1, 0.15) is 0 Å². The van der Waals surface area contributed by atoms with Crippen LogP contribution in [-0.2, 0) is 5.41 Å². The molecule has 0 unspecified atom stereocenters. The van der Waals surface area contributed by atoms with Gasteiger partial charge in [-0.05, 0) is 33.9 Å². The van der Waals surface area contributed by atoms with Crippen molar-refractivity contribution < 1.29 is 0 Å². The van der Waals surface area contributed by atoms with E-state index in [-0.39, 0.29) is 5.41 Å². The summed E-state index contributed by atoms with van der Waals surface area (Å²) in [6.07, 6.45) is 0. The Morgan fingerprint density at radius 1 is 0.704 bits per heavy atom. The first kappa shape index (κ1) is 16.5. The molecule has 0 amide bonds. The summed E-state index contributed by atoms with van der Waals surface area (Å²) < 4.78 is 2.22. The van der Waals surface area contributed by atoms with E-state index in [4.69, 9.17) is 0 Å². The molecule has 1 aliphatic rings. The minimum absolute atomic E-state index is 0.0618. The zero-order valence-electron chi connectivity index (χ0n) is 15.8. The monoisotopic (exact) mass is 370 g/mol. The molecule has 0 aromatic heterocycles. The molecule has 0 spiro atoms. The smallest absolute Gasteiger partial charge is 0.0861 e. The molecule has 0 fully saturated rings. The summed E-state index contributed by atoms with van der Waals surface area (Å²) in [5, 5.41) is 5.23. The van der Waals surface area contributed by atoms with E-state index in [1.165, 1.54) is 37.7 Å². The van der Waals surface area contributed by atoms with Gasteiger partial charge < -0.3 is 0 Å². The highest BCUT2D eigenvalue weighted by Gasteiger charge is 2.27. The van der Waals surface area contributed by atoms with Crippen molar-refractivity contribution in [3.05, 3.63) is 78.4 Å². The molecule has 0 bridgehead atoms. The fourth-order valence-corrected chi connectivity index (χ4v) is 5.08. The lowest BCUT2D eigenvalue weighted by molar-refractivity contribution is 0.601. The summed E-state index contributed by atoms with van der Waals surface area (Å²) in [4.78, 5) is 1.26. The van der Waals surface area contributed by atoms with E-state index in [0.29, 0.717) is 0 Å². The Morgan fingerprint density at radius 2 is 1.22 bits per heavy atom. The lowest BCUT2D eigenvalue weighted by atomic mass is 9.80. The van der Waals surface area contributed by atoms with Crippen LogP contribution in [0.15, 0.2) is 77.7 Å². The maximum Gasteiger partial charge on any atom is 0.0861 e. The number of para-hydroxylation sites is 1. The molecule has 4 aromatic rings. The molecule has 0 aliphatic carbocycles. The van der Waals surface area contributed by atoms with Gasteiger partial charge in [0, 0.05) is 22.7 Å². The van der Waals surface area contributed by atoms with Crippen molar-refractivity contribution in [1.82, 2.24) is 0 Å². The summed E-state index contributed by atoms with van der Waals surface area (Å²) in [5.41, 5.74) is 7.46. The van der Waals surface area contributed by atoms with Crippen LogP contribution >= 0.6 is 11.9 Å². The van der Waals surface area contributed by atoms with Crippen molar-refractivity contribution in [2.75, 3.05) is 9.84 Å². The second-order valence-corrected chi connectivity index (χ2v) is 9.05. The highest BCUT2D eigenvalue weighted by molar-refractivity contribution is 8.01. The molecule has 1 heterocycles. The molecule has 0 radical (unpaired) electrons. The van der Waals surface area contributed by atoms with E-state index >= 15 is 0 Å². The summed E-state index contributed by atoms with van der Waals surface area (Å²) in [6.45, 7) is 6.92. The Bertz CT molecular complexity index is 1090. The van der Waals surface area contributed by atoms with E-state index < -0.39 is 0 Å². The number of rotatable bonds is 1. The molecule has 1 N–H and O–H groups in total. The van der Waals surface area contributed by atoms with E-state index in [2.05, 4.69) is 103 Å². The topological polar surface area (TPSA) is 15.3 Å². The number of hydrogen-bond donors (Lipinski definition) is 1. The molecule has 0 saturated carbocycles. The van der Waals surface area contributed by atoms with E-state index in [1.807, 2.05) is 0 Å². The van der Waals surface area contributed by atoms with E-state index in [1.54, 1.807) is 11.9 Å². The van der Waals surface area contributed by atoms with Gasteiger partial charge in [0.05, 0.1) is 16.3 Å². The van der Waals surface area contributed by atoms with Gasteiger partial charge in [-0.2, -0.15) is 0 Å². The molecule has 5 rings (SSSR count). The van der Waals surface area contributed by atoms with Gasteiger partial charge in [-0.1, -0.05) is 81.4 Å². The van der Waals surface area contributed by atoms with Gasteiger partial charge in [-0.25, -0.2) is 4.41 Å². The lowest BCUT2D eigenvalue weighted by Crippen LogP contribution is -2.19. The number of hydrogen-bond acceptors (Lipinski definition) is 3. The molecule has 3 heteroatoms. The van der Waals surface area contributed by atoms with Crippen LogP contribution in [-0.4, -0.2) is 0 Å². The van der Waals surface area contributed by atoms with Crippen LogP contribution in [0.25, 0.3) is 21.5 Å². The van der Waals surface area contributed by atoms with E-state index in [9.17, 15) is 0 Å². The SMILES string of the molecule is CC(C)(C)c1c2ccccc2c(N2Nc3ccccc3S2)c2ccccc12.